The molecule has 0 spiro atoms. The summed E-state index contributed by atoms with van der Waals surface area (Å²) in [6, 6.07) is 2.24. The summed E-state index contributed by atoms with van der Waals surface area (Å²) in [6.45, 7) is 2.31. The zero-order valence-electron chi connectivity index (χ0n) is 21.1. The van der Waals surface area contributed by atoms with Crippen LogP contribution in [-0.2, 0) is 17.8 Å². The largest absolute Gasteiger partial charge is 0.408 e. The van der Waals surface area contributed by atoms with E-state index in [4.69, 9.17) is 0 Å². The number of aromatic nitrogens is 5. The molecular formula is C25H28F5N7O2. The molecule has 9 nitrogen and oxygen atoms in total. The number of carbonyl (C=O) groups excluding carboxylic acids is 2. The number of nitrogens with one attached hydrogen (secondary N) is 2. The SMILES string of the molecule is CCn1nccc1C(=O)N[C@H](c1cn2nc(CC3C[C@@H](C(F)(F)F)NC3=O)ccc2n1)C1CCC(F)(F)CC1. The quantitative estimate of drug-likeness (QED) is 0.433. The van der Waals surface area contributed by atoms with E-state index in [1.165, 1.54) is 15.4 Å². The lowest BCUT2D eigenvalue weighted by Crippen LogP contribution is -2.38. The zero-order valence-corrected chi connectivity index (χ0v) is 21.1. The van der Waals surface area contributed by atoms with Crippen LogP contribution in [0.2, 0.25) is 0 Å². The topological polar surface area (TPSA) is 106 Å². The fourth-order valence-electron chi connectivity index (χ4n) is 5.40. The average Bonchev–Trinajstić information content (AvgIpc) is 3.60. The van der Waals surface area contributed by atoms with Crippen LogP contribution in [0.3, 0.4) is 0 Å². The second-order valence-corrected chi connectivity index (χ2v) is 10.2. The highest BCUT2D eigenvalue weighted by Crippen LogP contribution is 2.41. The van der Waals surface area contributed by atoms with Gasteiger partial charge in [-0.25, -0.2) is 18.3 Å². The van der Waals surface area contributed by atoms with Crippen LogP contribution in [0, 0.1) is 11.8 Å². The van der Waals surface area contributed by atoms with Crippen LogP contribution in [0.5, 0.6) is 0 Å². The molecule has 5 rings (SSSR count). The zero-order chi connectivity index (χ0) is 27.9. The van der Waals surface area contributed by atoms with Crippen molar-refractivity contribution < 1.29 is 31.5 Å². The van der Waals surface area contributed by atoms with Gasteiger partial charge in [0, 0.05) is 37.9 Å². The van der Waals surface area contributed by atoms with E-state index in [0.29, 0.717) is 29.3 Å². The summed E-state index contributed by atoms with van der Waals surface area (Å²) in [4.78, 5) is 29.8. The van der Waals surface area contributed by atoms with Crippen LogP contribution >= 0.6 is 0 Å². The predicted molar refractivity (Wildman–Crippen MR) is 128 cm³/mol. The molecule has 1 saturated carbocycles. The van der Waals surface area contributed by atoms with Crippen LogP contribution < -0.4 is 10.6 Å². The van der Waals surface area contributed by atoms with Gasteiger partial charge in [-0.1, -0.05) is 0 Å². The van der Waals surface area contributed by atoms with Gasteiger partial charge in [0.2, 0.25) is 11.8 Å². The Hall–Kier alpha value is -3.58. The van der Waals surface area contributed by atoms with E-state index in [9.17, 15) is 31.5 Å². The highest BCUT2D eigenvalue weighted by molar-refractivity contribution is 5.92. The molecule has 1 unspecified atom stereocenters. The first-order chi connectivity index (χ1) is 18.4. The fourth-order valence-corrected chi connectivity index (χ4v) is 5.40. The van der Waals surface area contributed by atoms with Crippen molar-refractivity contribution in [1.82, 2.24) is 35.0 Å². The summed E-state index contributed by atoms with van der Waals surface area (Å²) >= 11 is 0. The van der Waals surface area contributed by atoms with Gasteiger partial charge in [-0.3, -0.25) is 14.3 Å². The summed E-state index contributed by atoms with van der Waals surface area (Å²) < 4.78 is 69.9. The summed E-state index contributed by atoms with van der Waals surface area (Å²) in [6.07, 6.45) is -1.99. The molecule has 4 heterocycles. The van der Waals surface area contributed by atoms with Crippen LogP contribution in [0.15, 0.2) is 30.6 Å². The number of nitrogens with zero attached hydrogens (tertiary/aromatic N) is 5. The van der Waals surface area contributed by atoms with Crippen LogP contribution in [-0.4, -0.2) is 54.3 Å². The van der Waals surface area contributed by atoms with Gasteiger partial charge in [0.25, 0.3) is 5.91 Å². The molecule has 1 saturated heterocycles. The van der Waals surface area contributed by atoms with Crippen molar-refractivity contribution in [2.75, 3.05) is 0 Å². The lowest BCUT2D eigenvalue weighted by molar-refractivity contribution is -0.154. The first kappa shape index (κ1) is 27.0. The number of rotatable bonds is 7. The van der Waals surface area contributed by atoms with E-state index in [1.54, 1.807) is 24.4 Å². The number of amides is 2. The highest BCUT2D eigenvalue weighted by atomic mass is 19.4. The monoisotopic (exact) mass is 553 g/mol. The maximum Gasteiger partial charge on any atom is 0.408 e. The van der Waals surface area contributed by atoms with Crippen molar-refractivity contribution in [1.29, 1.82) is 0 Å². The third-order valence-corrected chi connectivity index (χ3v) is 7.54. The second kappa shape index (κ2) is 10.2. The molecule has 3 aromatic heterocycles. The second-order valence-electron chi connectivity index (χ2n) is 10.2. The number of fused-ring (bicyclic) bond motifs is 1. The third-order valence-electron chi connectivity index (χ3n) is 7.54. The summed E-state index contributed by atoms with van der Waals surface area (Å²) in [5.41, 5.74) is 1.58. The maximum absolute atomic E-state index is 13.9. The molecule has 210 valence electrons. The van der Waals surface area contributed by atoms with Crippen molar-refractivity contribution in [3.63, 3.8) is 0 Å². The highest BCUT2D eigenvalue weighted by Gasteiger charge is 2.47. The minimum atomic E-state index is -4.52. The van der Waals surface area contributed by atoms with Crippen molar-refractivity contribution in [3.05, 3.63) is 47.7 Å². The lowest BCUT2D eigenvalue weighted by atomic mass is 9.81. The van der Waals surface area contributed by atoms with Crippen LogP contribution in [0.25, 0.3) is 5.65 Å². The van der Waals surface area contributed by atoms with E-state index >= 15 is 0 Å². The van der Waals surface area contributed by atoms with E-state index in [2.05, 4.69) is 20.5 Å². The smallest absolute Gasteiger partial charge is 0.344 e. The van der Waals surface area contributed by atoms with Crippen molar-refractivity contribution in [2.45, 2.75) is 76.2 Å². The number of alkyl halides is 5. The van der Waals surface area contributed by atoms with Gasteiger partial charge in [0.1, 0.15) is 11.7 Å². The Kier molecular flexibility index (Phi) is 7.06. The van der Waals surface area contributed by atoms with E-state index in [0.717, 1.165) is 0 Å². The summed E-state index contributed by atoms with van der Waals surface area (Å²) in [7, 11) is 0. The first-order valence-corrected chi connectivity index (χ1v) is 12.9. The molecule has 3 atom stereocenters. The Morgan fingerprint density at radius 1 is 1.23 bits per heavy atom. The number of aryl methyl sites for hydroxylation is 1. The fraction of sp³-hybridized carbons (Fsp3) is 0.560. The molecular weight excluding hydrogens is 525 g/mol. The molecule has 14 heteroatoms. The van der Waals surface area contributed by atoms with E-state index in [1.807, 2.05) is 12.2 Å². The molecule has 0 bridgehead atoms. The van der Waals surface area contributed by atoms with Gasteiger partial charge in [-0.2, -0.15) is 23.4 Å². The minimum absolute atomic E-state index is 0.0146. The molecule has 1 aliphatic carbocycles. The van der Waals surface area contributed by atoms with Gasteiger partial charge in [0.05, 0.1) is 23.6 Å². The van der Waals surface area contributed by atoms with Gasteiger partial charge in [-0.05, 0) is 50.3 Å². The Labute approximate surface area is 220 Å². The van der Waals surface area contributed by atoms with E-state index in [-0.39, 0.29) is 44.4 Å². The van der Waals surface area contributed by atoms with Gasteiger partial charge in [0.15, 0.2) is 5.65 Å². The number of halogens is 5. The Balaban J connectivity index is 1.39. The Morgan fingerprint density at radius 3 is 2.64 bits per heavy atom. The lowest BCUT2D eigenvalue weighted by Gasteiger charge is -2.33. The molecule has 39 heavy (non-hydrogen) atoms. The molecule has 2 aliphatic rings. The minimum Gasteiger partial charge on any atom is -0.344 e. The molecule has 2 amide bonds. The number of carbonyl (C=O) groups is 2. The first-order valence-electron chi connectivity index (χ1n) is 12.9. The number of hydrogen-bond acceptors (Lipinski definition) is 5. The van der Waals surface area contributed by atoms with Crippen molar-refractivity contribution in [3.8, 4) is 0 Å². The van der Waals surface area contributed by atoms with Crippen LogP contribution in [0.4, 0.5) is 22.0 Å². The maximum atomic E-state index is 13.9. The van der Waals surface area contributed by atoms with Gasteiger partial charge < -0.3 is 10.6 Å². The van der Waals surface area contributed by atoms with Gasteiger partial charge >= 0.3 is 6.18 Å². The Bertz CT molecular complexity index is 1360. The standard InChI is InChI=1S/C25H28F5N7O2/c1-2-36-18(7-10-31-36)23(39)34-21(14-5-8-24(26,27)9-6-14)17-13-37-20(32-17)4-3-16(35-37)11-15-12-19(25(28,29)30)33-22(15)38/h3-4,7,10,13-15,19,21H,2,5-6,8-9,11-12H2,1H3,(H,33,38)(H,34,39)/t15?,19-,21-/m0/s1. The van der Waals surface area contributed by atoms with Crippen molar-refractivity contribution in [2.24, 2.45) is 11.8 Å². The average molecular weight is 554 g/mol. The molecule has 2 fully saturated rings. The van der Waals surface area contributed by atoms with E-state index < -0.39 is 41.9 Å². The number of imidazole rings is 1. The predicted octanol–water partition coefficient (Wildman–Crippen LogP) is 3.85. The van der Waals surface area contributed by atoms with Crippen molar-refractivity contribution >= 4 is 17.5 Å². The summed E-state index contributed by atoms with van der Waals surface area (Å²) in [5, 5.41) is 13.5. The number of hydrogen-bond donors (Lipinski definition) is 2. The third kappa shape index (κ3) is 5.74. The molecule has 0 radical (unpaired) electrons. The molecule has 0 aromatic carbocycles. The summed E-state index contributed by atoms with van der Waals surface area (Å²) in [5.74, 6) is -5.00. The van der Waals surface area contributed by atoms with Gasteiger partial charge in [-0.15, -0.1) is 0 Å². The van der Waals surface area contributed by atoms with Crippen LogP contribution in [0.1, 0.15) is 66.9 Å². The molecule has 2 N–H and O–H groups in total. The normalized spacial score (nSPS) is 22.7. The molecule has 3 aromatic rings. The molecule has 1 aliphatic heterocycles. The Morgan fingerprint density at radius 2 is 1.97 bits per heavy atom.